The lowest BCUT2D eigenvalue weighted by atomic mass is 9.96. The zero-order valence-corrected chi connectivity index (χ0v) is 21.9. The Morgan fingerprint density at radius 2 is 1.97 bits per heavy atom. The molecule has 2 aliphatic rings. The second-order valence-electron chi connectivity index (χ2n) is 7.90. The van der Waals surface area contributed by atoms with Gasteiger partial charge < -0.3 is 35.0 Å². The Morgan fingerprint density at radius 1 is 1.25 bits per heavy atom. The fourth-order valence-corrected chi connectivity index (χ4v) is 5.45. The van der Waals surface area contributed by atoms with Crippen LogP contribution in [-0.4, -0.2) is 76.5 Å². The van der Waals surface area contributed by atoms with Crippen molar-refractivity contribution in [2.45, 2.75) is 64.0 Å². The van der Waals surface area contributed by atoms with Gasteiger partial charge in [0.05, 0.1) is 11.0 Å². The van der Waals surface area contributed by atoms with Crippen molar-refractivity contribution in [1.29, 1.82) is 0 Å². The molecule has 0 aromatic carbocycles. The van der Waals surface area contributed by atoms with Crippen molar-refractivity contribution in [2.24, 2.45) is 5.16 Å². The van der Waals surface area contributed by atoms with Crippen molar-refractivity contribution in [2.75, 3.05) is 12.8 Å². The number of thioether (sulfide) groups is 1. The molecule has 3 rings (SSSR count). The van der Waals surface area contributed by atoms with E-state index in [1.807, 2.05) is 6.92 Å². The third kappa shape index (κ3) is 5.90. The van der Waals surface area contributed by atoms with E-state index in [0.717, 1.165) is 11.3 Å². The lowest BCUT2D eigenvalue weighted by Crippen LogP contribution is -2.74. The van der Waals surface area contributed by atoms with Gasteiger partial charge in [0.15, 0.2) is 16.9 Å². The van der Waals surface area contributed by atoms with Gasteiger partial charge in [-0.3, -0.25) is 9.59 Å². The maximum absolute atomic E-state index is 13.1. The monoisotopic (exact) mass is 541 g/mol. The Morgan fingerprint density at radius 3 is 2.56 bits per heavy atom. The van der Waals surface area contributed by atoms with E-state index in [-0.39, 0.29) is 10.8 Å². The first-order valence-electron chi connectivity index (χ1n) is 10.9. The van der Waals surface area contributed by atoms with Gasteiger partial charge in [0.2, 0.25) is 12.2 Å². The zero-order chi connectivity index (χ0) is 26.6. The molecule has 13 nitrogen and oxygen atoms in total. The predicted molar refractivity (Wildman–Crippen MR) is 131 cm³/mol. The molecule has 3 N–H and O–H groups in total. The number of fused-ring (bicyclic) bond motifs is 1. The Balaban J connectivity index is 1.70. The third-order valence-electron chi connectivity index (χ3n) is 5.02. The average Bonchev–Trinajstić information content (AvgIpc) is 3.24. The molecule has 0 spiro atoms. The predicted octanol–water partition coefficient (Wildman–Crippen LogP) is 1.59. The van der Waals surface area contributed by atoms with Crippen LogP contribution in [0.15, 0.2) is 22.3 Å². The first-order valence-corrected chi connectivity index (χ1v) is 12.7. The quantitative estimate of drug-likeness (QED) is 0.153. The number of hydrogen-bond acceptors (Lipinski definition) is 13. The minimum atomic E-state index is -1.23. The number of anilines is 1. The fourth-order valence-electron chi connectivity index (χ4n) is 3.48. The molecular weight excluding hydrogens is 514 g/mol. The molecule has 0 bridgehead atoms. The summed E-state index contributed by atoms with van der Waals surface area (Å²) in [4.78, 5) is 61.0. The topological polar surface area (TPSA) is 172 Å². The van der Waals surface area contributed by atoms with Gasteiger partial charge in [-0.05, 0) is 31.2 Å². The van der Waals surface area contributed by atoms with Crippen LogP contribution in [0.4, 0.5) is 9.93 Å². The molecule has 2 aliphatic heterocycles. The number of carbonyl (C=O) groups is 4. The highest BCUT2D eigenvalue weighted by Gasteiger charge is 2.56. The maximum Gasteiger partial charge on any atom is 0.511 e. The molecule has 0 radical (unpaired) electrons. The second kappa shape index (κ2) is 11.6. The van der Waals surface area contributed by atoms with Gasteiger partial charge in [0.1, 0.15) is 18.5 Å². The summed E-state index contributed by atoms with van der Waals surface area (Å²) in [6.07, 6.45) is -0.763. The van der Waals surface area contributed by atoms with Gasteiger partial charge in [-0.1, -0.05) is 23.4 Å². The number of hydrogen-bond donors (Lipinski definition) is 2. The van der Waals surface area contributed by atoms with E-state index in [2.05, 4.69) is 15.5 Å². The number of nitrogen functional groups attached to an aromatic ring is 1. The van der Waals surface area contributed by atoms with Crippen LogP contribution >= 0.6 is 23.1 Å². The van der Waals surface area contributed by atoms with Crippen molar-refractivity contribution in [3.63, 3.8) is 0 Å². The molecule has 15 heteroatoms. The number of aromatic nitrogens is 1. The summed E-state index contributed by atoms with van der Waals surface area (Å²) in [5.74, 6) is -1.90. The van der Waals surface area contributed by atoms with Gasteiger partial charge >= 0.3 is 12.1 Å². The van der Waals surface area contributed by atoms with Crippen LogP contribution in [0.3, 0.4) is 0 Å². The number of amides is 2. The van der Waals surface area contributed by atoms with E-state index in [1.54, 1.807) is 19.3 Å². The van der Waals surface area contributed by atoms with Crippen molar-refractivity contribution < 1.29 is 38.2 Å². The SMILES string of the molecule is CCC1=CSC2C(NC(=O)/C(=N/OC)c3cnc(N)s3)C(=O)N2C1C(=O)OC(C)OC(=O)OC(C)C. The van der Waals surface area contributed by atoms with Crippen molar-refractivity contribution in [3.05, 3.63) is 22.1 Å². The highest BCUT2D eigenvalue weighted by Crippen LogP contribution is 2.41. The van der Waals surface area contributed by atoms with Gasteiger partial charge in [-0.2, -0.15) is 0 Å². The maximum atomic E-state index is 13.1. The van der Waals surface area contributed by atoms with E-state index in [0.29, 0.717) is 16.9 Å². The van der Waals surface area contributed by atoms with Crippen LogP contribution in [0.2, 0.25) is 0 Å². The largest absolute Gasteiger partial charge is 0.511 e. The number of ether oxygens (including phenoxy) is 3. The van der Waals surface area contributed by atoms with Crippen LogP contribution in [-0.2, 0) is 33.4 Å². The number of nitrogens with zero attached hydrogens (tertiary/aromatic N) is 3. The molecule has 2 amide bonds. The summed E-state index contributed by atoms with van der Waals surface area (Å²) in [5.41, 5.74) is 6.21. The Kier molecular flexibility index (Phi) is 8.79. The molecule has 0 saturated carbocycles. The lowest BCUT2D eigenvalue weighted by Gasteiger charge is -2.51. The Labute approximate surface area is 215 Å². The Bertz CT molecular complexity index is 1090. The lowest BCUT2D eigenvalue weighted by molar-refractivity contribution is -0.179. The molecule has 1 aromatic heterocycles. The van der Waals surface area contributed by atoms with Gasteiger partial charge in [0.25, 0.3) is 5.91 Å². The first-order chi connectivity index (χ1) is 17.1. The number of rotatable bonds is 9. The third-order valence-corrected chi connectivity index (χ3v) is 7.07. The van der Waals surface area contributed by atoms with Crippen LogP contribution in [0.25, 0.3) is 0 Å². The summed E-state index contributed by atoms with van der Waals surface area (Å²) in [5, 5.41) is 7.83. The summed E-state index contributed by atoms with van der Waals surface area (Å²) in [6.45, 7) is 6.51. The number of nitrogens with two attached hydrogens (primary N) is 1. The van der Waals surface area contributed by atoms with Crippen molar-refractivity contribution >= 4 is 57.9 Å². The molecule has 1 fully saturated rings. The fraction of sp³-hybridized carbons (Fsp3) is 0.524. The van der Waals surface area contributed by atoms with E-state index < -0.39 is 53.8 Å². The normalized spacial score (nSPS) is 22.1. The zero-order valence-electron chi connectivity index (χ0n) is 20.3. The number of esters is 1. The number of β-lactam (4-membered cyclic amide) rings is 1. The first kappa shape index (κ1) is 27.3. The molecule has 3 heterocycles. The number of nitrogens with one attached hydrogen (secondary N) is 1. The second-order valence-corrected chi connectivity index (χ2v) is 9.95. The average molecular weight is 542 g/mol. The highest BCUT2D eigenvalue weighted by molar-refractivity contribution is 8.02. The van der Waals surface area contributed by atoms with Gasteiger partial charge in [-0.25, -0.2) is 14.6 Å². The van der Waals surface area contributed by atoms with Crippen molar-refractivity contribution in [1.82, 2.24) is 15.2 Å². The summed E-state index contributed by atoms with van der Waals surface area (Å²) in [6, 6.07) is -1.95. The van der Waals surface area contributed by atoms with Crippen molar-refractivity contribution in [3.8, 4) is 0 Å². The number of oxime groups is 1. The molecule has 0 aliphatic carbocycles. The molecule has 36 heavy (non-hydrogen) atoms. The molecular formula is C21H27N5O8S2. The van der Waals surface area contributed by atoms with E-state index >= 15 is 0 Å². The Hall–Kier alpha value is -3.33. The van der Waals surface area contributed by atoms with Crippen LogP contribution < -0.4 is 11.1 Å². The summed E-state index contributed by atoms with van der Waals surface area (Å²) in [7, 11) is 1.28. The smallest absolute Gasteiger partial charge is 0.431 e. The molecule has 4 unspecified atom stereocenters. The summed E-state index contributed by atoms with van der Waals surface area (Å²) < 4.78 is 15.1. The van der Waals surface area contributed by atoms with Crippen LogP contribution in [0.5, 0.6) is 0 Å². The standard InChI is InChI=1S/C21H27N5O8S2/c1-6-11-8-35-18-14(24-16(27)13(25-31-5)12-7-23-20(22)36-12)17(28)26(18)15(11)19(29)33-10(4)34-21(30)32-9(2)3/h7-10,14-15,18H,6H2,1-5H3,(H2,22,23)(H,24,27)/b25-13+. The minimum absolute atomic E-state index is 0.0845. The number of carbonyl (C=O) groups excluding carboxylic acids is 4. The molecule has 1 aromatic rings. The molecule has 1 saturated heterocycles. The van der Waals surface area contributed by atoms with E-state index in [1.165, 1.54) is 36.9 Å². The number of thiazole rings is 1. The van der Waals surface area contributed by atoms with E-state index in [9.17, 15) is 19.2 Å². The van der Waals surface area contributed by atoms with Crippen LogP contribution in [0.1, 0.15) is 39.0 Å². The van der Waals surface area contributed by atoms with Gasteiger partial charge in [0, 0.05) is 13.1 Å². The molecule has 4 atom stereocenters. The van der Waals surface area contributed by atoms with E-state index in [4.69, 9.17) is 24.8 Å². The highest BCUT2D eigenvalue weighted by atomic mass is 32.2. The van der Waals surface area contributed by atoms with Gasteiger partial charge in [-0.15, -0.1) is 11.8 Å². The minimum Gasteiger partial charge on any atom is -0.431 e. The summed E-state index contributed by atoms with van der Waals surface area (Å²) >= 11 is 2.34. The van der Waals surface area contributed by atoms with Crippen LogP contribution in [0, 0.1) is 0 Å². The molecule has 196 valence electrons.